The van der Waals surface area contributed by atoms with E-state index in [1.54, 1.807) is 10.9 Å². The van der Waals surface area contributed by atoms with Crippen LogP contribution in [-0.2, 0) is 0 Å². The Morgan fingerprint density at radius 1 is 1.47 bits per heavy atom. The third kappa shape index (κ3) is 1.97. The maximum atomic E-state index is 11.2. The molecular weight excluding hydrogens is 244 g/mol. The van der Waals surface area contributed by atoms with Gasteiger partial charge in [-0.2, -0.15) is 0 Å². The molecule has 3 rings (SSSR count). The number of imidazole rings is 1. The number of carboxylic acids is 1. The molecule has 0 spiro atoms. The molecule has 1 aliphatic heterocycles. The van der Waals surface area contributed by atoms with Gasteiger partial charge in [-0.05, 0) is 13.0 Å². The van der Waals surface area contributed by atoms with E-state index in [2.05, 4.69) is 4.98 Å². The number of aromatic nitrogens is 2. The Kier molecular flexibility index (Phi) is 2.74. The van der Waals surface area contributed by atoms with Gasteiger partial charge < -0.3 is 14.4 Å². The summed E-state index contributed by atoms with van der Waals surface area (Å²) in [6, 6.07) is 7.68. The third-order valence-corrected chi connectivity index (χ3v) is 3.38. The molecule has 1 aromatic heterocycles. The van der Waals surface area contributed by atoms with Crippen molar-refractivity contribution < 1.29 is 14.6 Å². The van der Waals surface area contributed by atoms with Crippen LogP contribution in [0.25, 0.3) is 0 Å². The summed E-state index contributed by atoms with van der Waals surface area (Å²) in [4.78, 5) is 15.2. The largest absolute Gasteiger partial charge is 0.490 e. The van der Waals surface area contributed by atoms with Gasteiger partial charge in [-0.15, -0.1) is 0 Å². The van der Waals surface area contributed by atoms with E-state index in [-0.39, 0.29) is 17.8 Å². The number of fused-ring (bicyclic) bond motifs is 1. The Morgan fingerprint density at radius 3 is 3.05 bits per heavy atom. The predicted molar refractivity (Wildman–Crippen MR) is 68.5 cm³/mol. The van der Waals surface area contributed by atoms with Crippen LogP contribution >= 0.6 is 0 Å². The van der Waals surface area contributed by atoms with E-state index >= 15 is 0 Å². The Bertz CT molecular complexity index is 621. The Morgan fingerprint density at radius 2 is 2.26 bits per heavy atom. The van der Waals surface area contributed by atoms with E-state index in [0.29, 0.717) is 0 Å². The van der Waals surface area contributed by atoms with Crippen LogP contribution in [0.3, 0.4) is 0 Å². The lowest BCUT2D eigenvalue weighted by molar-refractivity contribution is 0.0679. The van der Waals surface area contributed by atoms with Crippen molar-refractivity contribution in [2.24, 2.45) is 0 Å². The molecule has 2 atom stereocenters. The average Bonchev–Trinajstić information content (AvgIpc) is 2.86. The zero-order valence-electron chi connectivity index (χ0n) is 10.5. The monoisotopic (exact) mass is 258 g/mol. The van der Waals surface area contributed by atoms with Crippen molar-refractivity contribution in [3.8, 4) is 5.75 Å². The molecular formula is C14H14N2O3. The highest BCUT2D eigenvalue weighted by Crippen LogP contribution is 2.37. The van der Waals surface area contributed by atoms with Crippen molar-refractivity contribution in [2.45, 2.75) is 25.5 Å². The zero-order chi connectivity index (χ0) is 13.4. The summed E-state index contributed by atoms with van der Waals surface area (Å²) < 4.78 is 7.49. The van der Waals surface area contributed by atoms with Crippen LogP contribution in [0.1, 0.15) is 35.4 Å². The van der Waals surface area contributed by atoms with Crippen molar-refractivity contribution in [3.63, 3.8) is 0 Å². The Balaban J connectivity index is 2.10. The fourth-order valence-electron chi connectivity index (χ4n) is 2.55. The van der Waals surface area contributed by atoms with Crippen LogP contribution in [-0.4, -0.2) is 26.7 Å². The molecule has 0 bridgehead atoms. The summed E-state index contributed by atoms with van der Waals surface area (Å²) in [6.07, 6.45) is 3.73. The first kappa shape index (κ1) is 11.8. The fourth-order valence-corrected chi connectivity index (χ4v) is 2.55. The number of carbonyl (C=O) groups is 1. The molecule has 0 unspecified atom stereocenters. The van der Waals surface area contributed by atoms with Gasteiger partial charge in [-0.25, -0.2) is 9.78 Å². The zero-order valence-corrected chi connectivity index (χ0v) is 10.5. The highest BCUT2D eigenvalue weighted by Gasteiger charge is 2.29. The number of aromatic carboxylic acids is 1. The maximum Gasteiger partial charge on any atom is 0.354 e. The molecule has 0 radical (unpaired) electrons. The predicted octanol–water partition coefficient (Wildman–Crippen LogP) is 2.34. The lowest BCUT2D eigenvalue weighted by atomic mass is 9.96. The SMILES string of the molecule is C[C@H]1C[C@H](n2cncc2C(=O)O)c2ccccc2O1. The van der Waals surface area contributed by atoms with E-state index in [1.165, 1.54) is 6.20 Å². The molecule has 19 heavy (non-hydrogen) atoms. The fraction of sp³-hybridized carbons (Fsp3) is 0.286. The van der Waals surface area contributed by atoms with E-state index in [0.717, 1.165) is 17.7 Å². The summed E-state index contributed by atoms with van der Waals surface area (Å²) in [5.41, 5.74) is 1.20. The first-order chi connectivity index (χ1) is 9.16. The van der Waals surface area contributed by atoms with Gasteiger partial charge in [0.2, 0.25) is 0 Å². The van der Waals surface area contributed by atoms with Gasteiger partial charge in [0, 0.05) is 12.0 Å². The number of carboxylic acid groups (broad SMARTS) is 1. The molecule has 1 N–H and O–H groups in total. The van der Waals surface area contributed by atoms with Crippen LogP contribution in [0.5, 0.6) is 5.75 Å². The molecule has 5 heteroatoms. The van der Waals surface area contributed by atoms with Gasteiger partial charge in [0.05, 0.1) is 24.7 Å². The van der Waals surface area contributed by atoms with Crippen molar-refractivity contribution in [3.05, 3.63) is 48.0 Å². The molecule has 2 aromatic rings. The van der Waals surface area contributed by atoms with Gasteiger partial charge in [0.15, 0.2) is 0 Å². The molecule has 0 aliphatic carbocycles. The summed E-state index contributed by atoms with van der Waals surface area (Å²) in [5.74, 6) is -0.148. The number of para-hydroxylation sites is 1. The van der Waals surface area contributed by atoms with E-state index in [4.69, 9.17) is 4.74 Å². The number of hydrogen-bond donors (Lipinski definition) is 1. The molecule has 5 nitrogen and oxygen atoms in total. The van der Waals surface area contributed by atoms with Gasteiger partial charge >= 0.3 is 5.97 Å². The number of hydrogen-bond acceptors (Lipinski definition) is 3. The first-order valence-electron chi connectivity index (χ1n) is 6.17. The summed E-state index contributed by atoms with van der Waals surface area (Å²) in [6.45, 7) is 1.99. The Labute approximate surface area is 110 Å². The molecule has 0 saturated heterocycles. The van der Waals surface area contributed by atoms with Gasteiger partial charge in [-0.1, -0.05) is 18.2 Å². The highest BCUT2D eigenvalue weighted by molar-refractivity contribution is 5.85. The number of nitrogens with zero attached hydrogens (tertiary/aromatic N) is 2. The number of rotatable bonds is 2. The van der Waals surface area contributed by atoms with Crippen LogP contribution in [0, 0.1) is 0 Å². The van der Waals surface area contributed by atoms with Crippen LogP contribution in [0.2, 0.25) is 0 Å². The van der Waals surface area contributed by atoms with Gasteiger partial charge in [0.1, 0.15) is 11.4 Å². The maximum absolute atomic E-state index is 11.2. The highest BCUT2D eigenvalue weighted by atomic mass is 16.5. The van der Waals surface area contributed by atoms with E-state index in [9.17, 15) is 9.90 Å². The third-order valence-electron chi connectivity index (χ3n) is 3.38. The molecule has 98 valence electrons. The van der Waals surface area contributed by atoms with Crippen LogP contribution in [0.15, 0.2) is 36.8 Å². The van der Waals surface area contributed by atoms with Crippen molar-refractivity contribution in [1.29, 1.82) is 0 Å². The van der Waals surface area contributed by atoms with Gasteiger partial charge in [0.25, 0.3) is 0 Å². The quantitative estimate of drug-likeness (QED) is 0.898. The molecule has 2 heterocycles. The Hall–Kier alpha value is -2.30. The van der Waals surface area contributed by atoms with Crippen molar-refractivity contribution in [2.75, 3.05) is 0 Å². The summed E-state index contributed by atoms with van der Waals surface area (Å²) in [7, 11) is 0. The molecule has 0 fully saturated rings. The van der Waals surface area contributed by atoms with E-state index < -0.39 is 5.97 Å². The number of benzene rings is 1. The standard InChI is InChI=1S/C14H14N2O3/c1-9-6-11(10-4-2-3-5-13(10)19-9)16-8-15-7-12(16)14(17)18/h2-5,7-9,11H,6H2,1H3,(H,17,18)/t9-,11-/m0/s1. The van der Waals surface area contributed by atoms with Crippen LogP contribution in [0.4, 0.5) is 0 Å². The second-order valence-corrected chi connectivity index (χ2v) is 4.71. The van der Waals surface area contributed by atoms with Crippen molar-refractivity contribution in [1.82, 2.24) is 9.55 Å². The molecule has 1 aliphatic rings. The molecule has 1 aromatic carbocycles. The second-order valence-electron chi connectivity index (χ2n) is 4.71. The summed E-state index contributed by atoms with van der Waals surface area (Å²) in [5, 5.41) is 9.21. The second kappa shape index (κ2) is 4.42. The minimum atomic E-state index is -0.964. The minimum Gasteiger partial charge on any atom is -0.490 e. The summed E-state index contributed by atoms with van der Waals surface area (Å²) >= 11 is 0. The molecule has 0 amide bonds. The van der Waals surface area contributed by atoms with Crippen LogP contribution < -0.4 is 4.74 Å². The van der Waals surface area contributed by atoms with E-state index in [1.807, 2.05) is 31.2 Å². The molecule has 0 saturated carbocycles. The number of ether oxygens (including phenoxy) is 1. The average molecular weight is 258 g/mol. The normalized spacial score (nSPS) is 21.5. The minimum absolute atomic E-state index is 0.0453. The lowest BCUT2D eigenvalue weighted by Gasteiger charge is -2.31. The van der Waals surface area contributed by atoms with Gasteiger partial charge in [-0.3, -0.25) is 0 Å². The van der Waals surface area contributed by atoms with Crippen molar-refractivity contribution >= 4 is 5.97 Å². The smallest absolute Gasteiger partial charge is 0.354 e. The topological polar surface area (TPSA) is 64.4 Å². The lowest BCUT2D eigenvalue weighted by Crippen LogP contribution is -2.27. The first-order valence-corrected chi connectivity index (χ1v) is 6.17.